The van der Waals surface area contributed by atoms with Gasteiger partial charge in [-0.15, -0.1) is 10.2 Å². The Hall–Kier alpha value is -5.13. The highest BCUT2D eigenvalue weighted by molar-refractivity contribution is 8.00. The number of thioether (sulfide) groups is 1. The number of rotatable bonds is 6. The maximum atomic E-state index is 15.0. The third-order valence-corrected chi connectivity index (χ3v) is 10.5. The Morgan fingerprint density at radius 1 is 0.913 bits per heavy atom. The number of halogens is 1. The average molecular weight is 647 g/mol. The molecule has 0 fully saturated rings. The first-order valence-electron chi connectivity index (χ1n) is 14.5. The molecule has 0 N–H and O–H groups in total. The highest BCUT2D eigenvalue weighted by Gasteiger charge is 2.66. The molecule has 2 amide bonds. The van der Waals surface area contributed by atoms with Gasteiger partial charge in [0.1, 0.15) is 11.4 Å². The van der Waals surface area contributed by atoms with Gasteiger partial charge in [0.2, 0.25) is 10.9 Å². The molecule has 1 unspecified atom stereocenters. The molecule has 0 saturated heterocycles. The van der Waals surface area contributed by atoms with Gasteiger partial charge >= 0.3 is 0 Å². The summed E-state index contributed by atoms with van der Waals surface area (Å²) in [7, 11) is 0. The van der Waals surface area contributed by atoms with E-state index < -0.39 is 28.6 Å². The summed E-state index contributed by atoms with van der Waals surface area (Å²) in [6.07, 6.45) is 0. The van der Waals surface area contributed by atoms with Crippen LogP contribution in [0.5, 0.6) is 0 Å². The van der Waals surface area contributed by atoms with Crippen LogP contribution in [0.1, 0.15) is 38.4 Å². The highest BCUT2D eigenvalue weighted by Crippen LogP contribution is 2.55. The Labute approximate surface area is 270 Å². The van der Waals surface area contributed by atoms with E-state index in [0.717, 1.165) is 22.5 Å². The zero-order valence-electron chi connectivity index (χ0n) is 24.3. The van der Waals surface area contributed by atoms with Crippen LogP contribution in [-0.2, 0) is 22.6 Å². The van der Waals surface area contributed by atoms with E-state index in [1.54, 1.807) is 60.7 Å². The smallest absolute Gasteiger partial charge is 0.297 e. The second-order valence-electron chi connectivity index (χ2n) is 11.1. The van der Waals surface area contributed by atoms with Gasteiger partial charge in [0.25, 0.3) is 11.8 Å². The number of amides is 2. The Morgan fingerprint density at radius 3 is 2.50 bits per heavy atom. The van der Waals surface area contributed by atoms with E-state index in [-0.39, 0.29) is 39.5 Å². The second kappa shape index (κ2) is 10.7. The van der Waals surface area contributed by atoms with E-state index in [0.29, 0.717) is 21.3 Å². The van der Waals surface area contributed by atoms with Gasteiger partial charge in [-0.2, -0.15) is 0 Å². The molecule has 8 nitrogen and oxygen atoms in total. The zero-order valence-corrected chi connectivity index (χ0v) is 25.9. The molecule has 2 aromatic heterocycles. The Kier molecular flexibility index (Phi) is 6.62. The molecule has 1 atom stereocenters. The monoisotopic (exact) mass is 646 g/mol. The average Bonchev–Trinajstić information content (AvgIpc) is 3.71. The quantitative estimate of drug-likeness (QED) is 0.145. The highest BCUT2D eigenvalue weighted by atomic mass is 32.2. The molecular weight excluding hydrogens is 624 g/mol. The number of benzene rings is 4. The maximum absolute atomic E-state index is 15.0. The fraction of sp³-hybridized carbons (Fsp3) is 0.114. The van der Waals surface area contributed by atoms with Gasteiger partial charge in [0, 0.05) is 16.9 Å². The van der Waals surface area contributed by atoms with Gasteiger partial charge in [-0.3, -0.25) is 19.3 Å². The molecular formula is C35H23FN4O4S2. The van der Waals surface area contributed by atoms with Crippen molar-refractivity contribution in [1.82, 2.24) is 10.2 Å². The minimum Gasteiger partial charge on any atom is -0.450 e. The molecule has 226 valence electrons. The van der Waals surface area contributed by atoms with Crippen molar-refractivity contribution in [3.05, 3.63) is 147 Å². The van der Waals surface area contributed by atoms with Crippen LogP contribution < -0.4 is 15.2 Å². The molecule has 8 rings (SSSR count). The van der Waals surface area contributed by atoms with Crippen molar-refractivity contribution in [2.24, 2.45) is 0 Å². The molecule has 4 aromatic carbocycles. The summed E-state index contributed by atoms with van der Waals surface area (Å²) < 4.78 is 21.7. The van der Waals surface area contributed by atoms with Gasteiger partial charge in [0.15, 0.2) is 15.3 Å². The molecule has 2 aliphatic heterocycles. The lowest BCUT2D eigenvalue weighted by Crippen LogP contribution is -2.53. The number of carbonyl (C=O) groups excluding carboxylic acids is 2. The number of para-hydroxylation sites is 1. The van der Waals surface area contributed by atoms with Crippen LogP contribution in [0.3, 0.4) is 0 Å². The standard InChI is InChI=1S/C35H23FN4O4S2/c1-20-15-16-27-23(17-20)29(41)28-30(44-27)31(42)40(33-37-38-34(46-33)45-19-21-9-3-2-4-10-21)35(28)24-12-6-8-14-26(24)39(32(35)43)18-22-11-5-7-13-25(22)36/h2-17H,18-19H2,1H3. The number of hydrogen-bond acceptors (Lipinski definition) is 8. The van der Waals surface area contributed by atoms with Crippen molar-refractivity contribution < 1.29 is 18.4 Å². The van der Waals surface area contributed by atoms with Gasteiger partial charge in [-0.05, 0) is 36.8 Å². The molecule has 0 aliphatic carbocycles. The summed E-state index contributed by atoms with van der Waals surface area (Å²) in [5.74, 6) is -1.35. The lowest BCUT2D eigenvalue weighted by molar-refractivity contribution is -0.121. The molecule has 0 bridgehead atoms. The summed E-state index contributed by atoms with van der Waals surface area (Å²) in [6, 6.07) is 28.2. The fourth-order valence-corrected chi connectivity index (χ4v) is 8.15. The van der Waals surface area contributed by atoms with Crippen molar-refractivity contribution in [2.75, 3.05) is 9.80 Å². The number of nitrogens with zero attached hydrogens (tertiary/aromatic N) is 4. The first-order valence-corrected chi connectivity index (χ1v) is 16.3. The van der Waals surface area contributed by atoms with Crippen molar-refractivity contribution in [1.29, 1.82) is 0 Å². The summed E-state index contributed by atoms with van der Waals surface area (Å²) in [4.78, 5) is 46.7. The number of hydrogen-bond donors (Lipinski definition) is 0. The minimum atomic E-state index is -1.95. The van der Waals surface area contributed by atoms with Crippen molar-refractivity contribution in [3.8, 4) is 0 Å². The summed E-state index contributed by atoms with van der Waals surface area (Å²) >= 11 is 2.60. The SMILES string of the molecule is Cc1ccc2oc3c(c(=O)c2c1)C1(C(=O)N(Cc2ccccc2F)c2ccccc21)N(c1nnc(SCc2ccccc2)s1)C3=O. The fourth-order valence-electron chi connectivity index (χ4n) is 6.30. The summed E-state index contributed by atoms with van der Waals surface area (Å²) in [5.41, 5.74) is 0.753. The van der Waals surface area contributed by atoms with Crippen LogP contribution in [0.15, 0.2) is 111 Å². The molecule has 11 heteroatoms. The molecule has 6 aromatic rings. The largest absolute Gasteiger partial charge is 0.450 e. The van der Waals surface area contributed by atoms with Crippen LogP contribution >= 0.6 is 23.1 Å². The first kappa shape index (κ1) is 28.4. The van der Waals surface area contributed by atoms with E-state index in [9.17, 15) is 14.0 Å². The Bertz CT molecular complexity index is 2270. The zero-order chi connectivity index (χ0) is 31.6. The van der Waals surface area contributed by atoms with E-state index in [4.69, 9.17) is 4.42 Å². The lowest BCUT2D eigenvalue weighted by Gasteiger charge is -2.32. The predicted octanol–water partition coefficient (Wildman–Crippen LogP) is 6.84. The Balaban J connectivity index is 1.34. The van der Waals surface area contributed by atoms with Gasteiger partial charge in [-0.1, -0.05) is 101 Å². The first-order chi connectivity index (χ1) is 22.4. The van der Waals surface area contributed by atoms with E-state index in [1.165, 1.54) is 27.6 Å². The van der Waals surface area contributed by atoms with Crippen LogP contribution in [0.25, 0.3) is 11.0 Å². The third-order valence-electron chi connectivity index (χ3n) is 8.36. The predicted molar refractivity (Wildman–Crippen MR) is 175 cm³/mol. The number of carbonyl (C=O) groups is 2. The van der Waals surface area contributed by atoms with E-state index >= 15 is 4.79 Å². The number of aromatic nitrogens is 2. The number of anilines is 2. The van der Waals surface area contributed by atoms with Crippen LogP contribution in [0, 0.1) is 12.7 Å². The molecule has 0 saturated carbocycles. The second-order valence-corrected chi connectivity index (χ2v) is 13.3. The van der Waals surface area contributed by atoms with Crippen molar-refractivity contribution in [3.63, 3.8) is 0 Å². The maximum Gasteiger partial charge on any atom is 0.297 e. The van der Waals surface area contributed by atoms with Crippen molar-refractivity contribution >= 4 is 56.7 Å². The van der Waals surface area contributed by atoms with Crippen LogP contribution in [-0.4, -0.2) is 22.0 Å². The normalized spacial score (nSPS) is 16.9. The van der Waals surface area contributed by atoms with Gasteiger partial charge < -0.3 is 9.32 Å². The molecule has 46 heavy (non-hydrogen) atoms. The summed E-state index contributed by atoms with van der Waals surface area (Å²) in [5, 5.41) is 9.13. The molecule has 2 aliphatic rings. The summed E-state index contributed by atoms with van der Waals surface area (Å²) in [6.45, 7) is 1.73. The van der Waals surface area contributed by atoms with Crippen molar-refractivity contribution in [2.45, 2.75) is 29.1 Å². The number of fused-ring (bicyclic) bond motifs is 5. The molecule has 4 heterocycles. The van der Waals surface area contributed by atoms with Crippen LogP contribution in [0.4, 0.5) is 15.2 Å². The van der Waals surface area contributed by atoms with Crippen LogP contribution in [0.2, 0.25) is 0 Å². The van der Waals surface area contributed by atoms with Gasteiger partial charge in [0.05, 0.1) is 23.2 Å². The Morgan fingerprint density at radius 2 is 1.67 bits per heavy atom. The van der Waals surface area contributed by atoms with E-state index in [2.05, 4.69) is 10.2 Å². The topological polar surface area (TPSA) is 96.6 Å². The third kappa shape index (κ3) is 4.15. The molecule has 0 radical (unpaired) electrons. The lowest BCUT2D eigenvalue weighted by atomic mass is 9.84. The minimum absolute atomic E-state index is 0.0854. The molecule has 1 spiro atoms. The van der Waals surface area contributed by atoms with E-state index in [1.807, 2.05) is 37.3 Å². The van der Waals surface area contributed by atoms with Gasteiger partial charge in [-0.25, -0.2) is 4.39 Å². The number of aryl methyl sites for hydroxylation is 1.